The van der Waals surface area contributed by atoms with Gasteiger partial charge < -0.3 is 9.84 Å². The number of carbonyl (C=O) groups excluding carboxylic acids is 1. The number of allylic oxidation sites excluding steroid dienone is 1. The van der Waals surface area contributed by atoms with E-state index in [0.29, 0.717) is 10.6 Å². The third kappa shape index (κ3) is 3.54. The van der Waals surface area contributed by atoms with Crippen LogP contribution in [0.1, 0.15) is 6.92 Å². The van der Waals surface area contributed by atoms with Crippen molar-refractivity contribution in [2.24, 2.45) is 0 Å². The molecule has 0 amide bonds. The quantitative estimate of drug-likeness (QED) is 0.386. The van der Waals surface area contributed by atoms with Crippen LogP contribution >= 0.6 is 11.8 Å². The first-order valence-corrected chi connectivity index (χ1v) is 5.56. The molecular weight excluding hydrogens is 238 g/mol. The summed E-state index contributed by atoms with van der Waals surface area (Å²) >= 11 is 0.875. The van der Waals surface area contributed by atoms with Crippen molar-refractivity contribution in [1.82, 2.24) is 0 Å². The second-order valence-electron chi connectivity index (χ2n) is 3.14. The van der Waals surface area contributed by atoms with Gasteiger partial charge in [0.2, 0.25) is 5.12 Å². The number of ether oxygens (including phenoxy) is 1. The Morgan fingerprint density at radius 1 is 1.53 bits per heavy atom. The molecule has 1 aromatic rings. The normalized spacial score (nSPS) is 11.4. The maximum absolute atomic E-state index is 11.7. The van der Waals surface area contributed by atoms with Gasteiger partial charge in [0.15, 0.2) is 0 Å². The van der Waals surface area contributed by atoms with E-state index >= 15 is 0 Å². The Kier molecular flexibility index (Phi) is 4.61. The van der Waals surface area contributed by atoms with Crippen molar-refractivity contribution in [2.45, 2.75) is 11.8 Å². The molecule has 5 heteroatoms. The van der Waals surface area contributed by atoms with Crippen LogP contribution in [0.5, 0.6) is 5.75 Å². The zero-order chi connectivity index (χ0) is 12.8. The predicted molar refractivity (Wildman–Crippen MR) is 64.8 cm³/mol. The summed E-state index contributed by atoms with van der Waals surface area (Å²) in [5.41, 5.74) is -0.238. The number of aliphatic hydroxyl groups is 1. The highest BCUT2D eigenvalue weighted by Crippen LogP contribution is 2.26. The minimum atomic E-state index is -0.485. The predicted octanol–water partition coefficient (Wildman–Crippen LogP) is 2.67. The van der Waals surface area contributed by atoms with Crippen LogP contribution < -0.4 is 4.74 Å². The van der Waals surface area contributed by atoms with Crippen LogP contribution in [0.15, 0.2) is 40.5 Å². The summed E-state index contributed by atoms with van der Waals surface area (Å²) in [6, 6.07) is 8.59. The fourth-order valence-electron chi connectivity index (χ4n) is 1.10. The van der Waals surface area contributed by atoms with E-state index in [9.17, 15) is 4.79 Å². The van der Waals surface area contributed by atoms with Crippen LogP contribution in [0, 0.1) is 11.3 Å². The summed E-state index contributed by atoms with van der Waals surface area (Å²) in [6.45, 7) is 1.31. The molecule has 1 aromatic carbocycles. The van der Waals surface area contributed by atoms with Crippen molar-refractivity contribution in [3.63, 3.8) is 0 Å². The van der Waals surface area contributed by atoms with Gasteiger partial charge in [-0.1, -0.05) is 6.07 Å². The minimum Gasteiger partial charge on any atom is -0.511 e. The third-order valence-electron chi connectivity index (χ3n) is 1.93. The van der Waals surface area contributed by atoms with Gasteiger partial charge in [-0.25, -0.2) is 0 Å². The number of aliphatic hydroxyl groups excluding tert-OH is 1. The number of benzene rings is 1. The van der Waals surface area contributed by atoms with E-state index in [1.807, 2.05) is 0 Å². The number of hydrogen-bond acceptors (Lipinski definition) is 5. The smallest absolute Gasteiger partial charge is 0.238 e. The number of hydrogen-bond donors (Lipinski definition) is 1. The number of methoxy groups -OCH3 is 1. The van der Waals surface area contributed by atoms with Gasteiger partial charge in [-0.2, -0.15) is 5.26 Å². The fraction of sp³-hybridized carbons (Fsp3) is 0.167. The number of nitrogens with zero attached hydrogens (tertiary/aromatic N) is 1. The van der Waals surface area contributed by atoms with E-state index in [-0.39, 0.29) is 11.3 Å². The molecule has 0 radical (unpaired) electrons. The molecule has 0 aliphatic carbocycles. The second-order valence-corrected chi connectivity index (χ2v) is 4.19. The lowest BCUT2D eigenvalue weighted by Crippen LogP contribution is -1.98. The first kappa shape index (κ1) is 13.1. The maximum atomic E-state index is 11.7. The van der Waals surface area contributed by atoms with Gasteiger partial charge in [0.25, 0.3) is 0 Å². The van der Waals surface area contributed by atoms with Crippen molar-refractivity contribution in [3.05, 3.63) is 35.6 Å². The lowest BCUT2D eigenvalue weighted by Gasteiger charge is -2.03. The fourth-order valence-corrected chi connectivity index (χ4v) is 1.93. The first-order chi connectivity index (χ1) is 8.08. The number of rotatable bonds is 3. The monoisotopic (exact) mass is 249 g/mol. The topological polar surface area (TPSA) is 70.3 Å². The van der Waals surface area contributed by atoms with E-state index in [1.54, 1.807) is 30.3 Å². The highest BCUT2D eigenvalue weighted by molar-refractivity contribution is 8.14. The van der Waals surface area contributed by atoms with Crippen molar-refractivity contribution in [3.8, 4) is 11.8 Å². The second kappa shape index (κ2) is 5.97. The summed E-state index contributed by atoms with van der Waals surface area (Å²) in [7, 11) is 1.53. The highest BCUT2D eigenvalue weighted by Gasteiger charge is 2.14. The molecule has 4 nitrogen and oxygen atoms in total. The number of nitriles is 1. The maximum Gasteiger partial charge on any atom is 0.238 e. The van der Waals surface area contributed by atoms with Crippen LogP contribution in [-0.2, 0) is 4.79 Å². The van der Waals surface area contributed by atoms with Gasteiger partial charge in [-0.15, -0.1) is 0 Å². The van der Waals surface area contributed by atoms with Gasteiger partial charge in [0.1, 0.15) is 23.2 Å². The van der Waals surface area contributed by atoms with Crippen molar-refractivity contribution in [1.29, 1.82) is 5.26 Å². The van der Waals surface area contributed by atoms with Gasteiger partial charge in [0.05, 0.1) is 7.11 Å². The molecule has 0 aromatic heterocycles. The van der Waals surface area contributed by atoms with Gasteiger partial charge in [0, 0.05) is 4.90 Å². The molecule has 0 bridgehead atoms. The molecule has 0 unspecified atom stereocenters. The Hall–Kier alpha value is -1.93. The lowest BCUT2D eigenvalue weighted by molar-refractivity contribution is -0.107. The largest absolute Gasteiger partial charge is 0.511 e. The Bertz CT molecular complexity index is 499. The number of thioether (sulfide) groups is 1. The van der Waals surface area contributed by atoms with Gasteiger partial charge in [-0.05, 0) is 36.9 Å². The van der Waals surface area contributed by atoms with Crippen LogP contribution in [0.2, 0.25) is 0 Å². The molecule has 0 spiro atoms. The molecule has 0 aliphatic heterocycles. The SMILES string of the molecule is COc1cccc(SC(=O)/C(C#N)=C(/C)O)c1. The summed E-state index contributed by atoms with van der Waals surface area (Å²) in [4.78, 5) is 12.3. The average molecular weight is 249 g/mol. The van der Waals surface area contributed by atoms with Crippen molar-refractivity contribution < 1.29 is 14.6 Å². The average Bonchev–Trinajstić information content (AvgIpc) is 2.29. The molecule has 0 fully saturated rings. The Balaban J connectivity index is 2.89. The summed E-state index contributed by atoms with van der Waals surface area (Å²) in [6.07, 6.45) is 0. The van der Waals surface area contributed by atoms with Crippen LogP contribution in [0.4, 0.5) is 0 Å². The molecule has 0 saturated carbocycles. The number of carbonyl (C=O) groups is 1. The lowest BCUT2D eigenvalue weighted by atomic mass is 10.3. The third-order valence-corrected chi connectivity index (χ3v) is 2.81. The molecule has 0 atom stereocenters. The van der Waals surface area contributed by atoms with Crippen LogP contribution in [0.25, 0.3) is 0 Å². The minimum absolute atomic E-state index is 0.238. The molecule has 17 heavy (non-hydrogen) atoms. The van der Waals surface area contributed by atoms with E-state index in [4.69, 9.17) is 15.1 Å². The van der Waals surface area contributed by atoms with Crippen molar-refractivity contribution >= 4 is 16.9 Å². The summed E-state index contributed by atoms with van der Waals surface area (Å²) < 4.78 is 5.02. The van der Waals surface area contributed by atoms with E-state index in [1.165, 1.54) is 14.0 Å². The van der Waals surface area contributed by atoms with Crippen LogP contribution in [0.3, 0.4) is 0 Å². The molecule has 1 rings (SSSR count). The van der Waals surface area contributed by atoms with E-state index in [0.717, 1.165) is 11.8 Å². The van der Waals surface area contributed by atoms with Crippen molar-refractivity contribution in [2.75, 3.05) is 7.11 Å². The standard InChI is InChI=1S/C12H11NO3S/c1-8(14)11(7-13)12(15)17-10-5-3-4-9(6-10)16-2/h3-6,14H,1-2H3/b11-8-. The molecule has 0 saturated heterocycles. The van der Waals surface area contributed by atoms with Crippen LogP contribution in [-0.4, -0.2) is 17.3 Å². The first-order valence-electron chi connectivity index (χ1n) is 4.74. The van der Waals surface area contributed by atoms with Gasteiger partial charge >= 0.3 is 0 Å². The summed E-state index contributed by atoms with van der Waals surface area (Å²) in [5.74, 6) is 0.360. The van der Waals surface area contributed by atoms with E-state index in [2.05, 4.69) is 0 Å². The molecule has 88 valence electrons. The molecule has 0 aliphatic rings. The Morgan fingerprint density at radius 2 is 2.24 bits per heavy atom. The Morgan fingerprint density at radius 3 is 2.76 bits per heavy atom. The highest BCUT2D eigenvalue weighted by atomic mass is 32.2. The van der Waals surface area contributed by atoms with E-state index < -0.39 is 5.12 Å². The van der Waals surface area contributed by atoms with Gasteiger partial charge in [-0.3, -0.25) is 4.79 Å². The zero-order valence-electron chi connectivity index (χ0n) is 9.43. The summed E-state index contributed by atoms with van der Waals surface area (Å²) in [5, 5.41) is 17.4. The molecule has 0 heterocycles. The molecule has 1 N–H and O–H groups in total. The Labute approximate surface area is 104 Å². The molecular formula is C12H11NO3S. The zero-order valence-corrected chi connectivity index (χ0v) is 10.2.